The summed E-state index contributed by atoms with van der Waals surface area (Å²) >= 11 is 0. The fraction of sp³-hybridized carbons (Fsp3) is 0.571. The summed E-state index contributed by atoms with van der Waals surface area (Å²) in [6.45, 7) is 2.25. The largest absolute Gasteiger partial charge is 0.464 e. The number of azide groups is 1. The van der Waals surface area contributed by atoms with Crippen LogP contribution in [0.3, 0.4) is 0 Å². The number of hydrogen-bond donors (Lipinski definition) is 0. The second kappa shape index (κ2) is 4.97. The Bertz CT molecular complexity index is 385. The Kier molecular flexibility index (Phi) is 3.64. The van der Waals surface area contributed by atoms with Crippen LogP contribution in [0.5, 0.6) is 6.01 Å². The van der Waals surface area contributed by atoms with Gasteiger partial charge in [-0.15, -0.1) is 0 Å². The molecule has 0 bridgehead atoms. The first kappa shape index (κ1) is 11.0. The molecule has 0 radical (unpaired) electrons. The highest BCUT2D eigenvalue weighted by molar-refractivity contribution is 5.33. The van der Waals surface area contributed by atoms with Gasteiger partial charge < -0.3 is 9.64 Å². The molecule has 0 saturated carbocycles. The monoisotopic (exact) mass is 209 g/mol. The lowest BCUT2D eigenvalue weighted by molar-refractivity contribution is 0.312. The van der Waals surface area contributed by atoms with Gasteiger partial charge in [-0.2, -0.15) is 15.0 Å². The van der Waals surface area contributed by atoms with E-state index in [1.54, 1.807) is 19.0 Å². The van der Waals surface area contributed by atoms with Gasteiger partial charge in [0.05, 0.1) is 6.61 Å². The minimum Gasteiger partial charge on any atom is -0.464 e. The second-order valence-electron chi connectivity index (χ2n) is 2.73. The predicted molar refractivity (Wildman–Crippen MR) is 54.1 cm³/mol. The number of nitrogens with zero attached hydrogens (tertiary/aromatic N) is 7. The van der Waals surface area contributed by atoms with Crippen LogP contribution in [-0.2, 0) is 0 Å². The van der Waals surface area contributed by atoms with E-state index in [2.05, 4.69) is 25.0 Å². The van der Waals surface area contributed by atoms with Crippen LogP contribution in [-0.4, -0.2) is 35.7 Å². The van der Waals surface area contributed by atoms with Crippen LogP contribution in [0.2, 0.25) is 0 Å². The Morgan fingerprint density at radius 2 is 2.13 bits per heavy atom. The lowest BCUT2D eigenvalue weighted by Gasteiger charge is -2.10. The van der Waals surface area contributed by atoms with Gasteiger partial charge in [0, 0.05) is 19.0 Å². The average Bonchev–Trinajstić information content (AvgIpc) is 2.18. The molecule has 0 amide bonds. The van der Waals surface area contributed by atoms with Gasteiger partial charge in [-0.1, -0.05) is 0 Å². The molecule has 0 unspecified atom stereocenters. The predicted octanol–water partition coefficient (Wildman–Crippen LogP) is 1.28. The Labute approximate surface area is 86.6 Å². The van der Waals surface area contributed by atoms with Crippen LogP contribution in [0.25, 0.3) is 10.4 Å². The second-order valence-corrected chi connectivity index (χ2v) is 2.73. The van der Waals surface area contributed by atoms with Gasteiger partial charge in [-0.3, -0.25) is 0 Å². The van der Waals surface area contributed by atoms with E-state index >= 15 is 0 Å². The SMILES string of the molecule is CCOc1nc(N=[N+]=[N-])nc(N(C)C)n1. The van der Waals surface area contributed by atoms with Gasteiger partial charge in [0.1, 0.15) is 0 Å². The molecule has 15 heavy (non-hydrogen) atoms. The van der Waals surface area contributed by atoms with Crippen molar-refractivity contribution in [3.8, 4) is 6.01 Å². The van der Waals surface area contributed by atoms with E-state index in [1.807, 2.05) is 6.92 Å². The van der Waals surface area contributed by atoms with Gasteiger partial charge in [0.15, 0.2) is 0 Å². The third-order valence-electron chi connectivity index (χ3n) is 1.40. The zero-order valence-corrected chi connectivity index (χ0v) is 8.75. The summed E-state index contributed by atoms with van der Waals surface area (Å²) in [6.07, 6.45) is 0. The third kappa shape index (κ3) is 2.96. The van der Waals surface area contributed by atoms with E-state index in [9.17, 15) is 0 Å². The van der Waals surface area contributed by atoms with Crippen molar-refractivity contribution in [2.75, 3.05) is 25.6 Å². The molecule has 80 valence electrons. The zero-order valence-electron chi connectivity index (χ0n) is 8.75. The van der Waals surface area contributed by atoms with Crippen molar-refractivity contribution >= 4 is 11.9 Å². The summed E-state index contributed by atoms with van der Waals surface area (Å²) in [6, 6.07) is 0.151. The van der Waals surface area contributed by atoms with Crippen LogP contribution >= 0.6 is 0 Å². The zero-order chi connectivity index (χ0) is 11.3. The molecule has 1 aromatic rings. The van der Waals surface area contributed by atoms with Gasteiger partial charge in [0.25, 0.3) is 0 Å². The first-order valence-electron chi connectivity index (χ1n) is 4.28. The number of aromatic nitrogens is 3. The summed E-state index contributed by atoms with van der Waals surface area (Å²) in [4.78, 5) is 16.0. The minimum absolute atomic E-state index is 0.000324. The van der Waals surface area contributed by atoms with Gasteiger partial charge in [0.2, 0.25) is 11.9 Å². The Morgan fingerprint density at radius 3 is 2.67 bits per heavy atom. The molecule has 0 aromatic carbocycles. The number of anilines is 1. The molecule has 1 rings (SSSR count). The smallest absolute Gasteiger partial charge is 0.321 e. The van der Waals surface area contributed by atoms with Crippen molar-refractivity contribution < 1.29 is 4.74 Å². The minimum atomic E-state index is -0.000324. The molecule has 0 saturated heterocycles. The van der Waals surface area contributed by atoms with E-state index in [0.29, 0.717) is 12.6 Å². The number of ether oxygens (including phenoxy) is 1. The summed E-state index contributed by atoms with van der Waals surface area (Å²) in [5, 5.41) is 3.30. The van der Waals surface area contributed by atoms with Gasteiger partial charge >= 0.3 is 6.01 Å². The first-order chi connectivity index (χ1) is 7.17. The number of hydrogen-bond acceptors (Lipinski definition) is 6. The Morgan fingerprint density at radius 1 is 1.40 bits per heavy atom. The molecule has 8 heteroatoms. The maximum absolute atomic E-state index is 8.27. The molecule has 0 spiro atoms. The molecule has 0 aliphatic heterocycles. The maximum Gasteiger partial charge on any atom is 0.321 e. The lowest BCUT2D eigenvalue weighted by atomic mass is 10.7. The van der Waals surface area contributed by atoms with Crippen LogP contribution in [0.4, 0.5) is 11.9 Å². The van der Waals surface area contributed by atoms with Crippen LogP contribution in [0.15, 0.2) is 5.11 Å². The van der Waals surface area contributed by atoms with Crippen molar-refractivity contribution in [3.05, 3.63) is 10.4 Å². The molecule has 1 aromatic heterocycles. The molecule has 8 nitrogen and oxygen atoms in total. The molecular weight excluding hydrogens is 198 g/mol. The van der Waals surface area contributed by atoms with Gasteiger partial charge in [-0.05, 0) is 17.6 Å². The molecule has 0 fully saturated rings. The van der Waals surface area contributed by atoms with Crippen molar-refractivity contribution in [1.82, 2.24) is 15.0 Å². The topological polar surface area (TPSA) is 99.9 Å². The molecule has 0 aliphatic rings. The highest BCUT2D eigenvalue weighted by Gasteiger charge is 2.07. The van der Waals surface area contributed by atoms with E-state index in [4.69, 9.17) is 10.3 Å². The molecular formula is C7H11N7O. The van der Waals surface area contributed by atoms with Crippen molar-refractivity contribution in [3.63, 3.8) is 0 Å². The summed E-state index contributed by atoms with van der Waals surface area (Å²) in [7, 11) is 3.54. The van der Waals surface area contributed by atoms with E-state index in [0.717, 1.165) is 0 Å². The van der Waals surface area contributed by atoms with Crippen molar-refractivity contribution in [2.24, 2.45) is 5.11 Å². The maximum atomic E-state index is 8.27. The first-order valence-corrected chi connectivity index (χ1v) is 4.28. The Hall–Kier alpha value is -2.08. The lowest BCUT2D eigenvalue weighted by Crippen LogP contribution is -2.14. The third-order valence-corrected chi connectivity index (χ3v) is 1.40. The van der Waals surface area contributed by atoms with E-state index in [1.165, 1.54) is 0 Å². The van der Waals surface area contributed by atoms with Gasteiger partial charge in [-0.25, -0.2) is 0 Å². The average molecular weight is 209 g/mol. The van der Waals surface area contributed by atoms with Crippen LogP contribution < -0.4 is 9.64 Å². The Balaban J connectivity index is 3.13. The standard InChI is InChI=1S/C7H11N7O/c1-4-15-7-10-5(12-13-8)9-6(11-7)14(2)3/h4H2,1-3H3. The van der Waals surface area contributed by atoms with Crippen LogP contribution in [0, 0.1) is 0 Å². The van der Waals surface area contributed by atoms with Crippen molar-refractivity contribution in [1.29, 1.82) is 0 Å². The normalized spacial score (nSPS) is 9.27. The fourth-order valence-electron chi connectivity index (χ4n) is 0.814. The summed E-state index contributed by atoms with van der Waals surface area (Å²) < 4.78 is 5.11. The summed E-state index contributed by atoms with van der Waals surface area (Å²) in [5.74, 6) is 0.385. The highest BCUT2D eigenvalue weighted by atomic mass is 16.5. The number of rotatable bonds is 4. The van der Waals surface area contributed by atoms with E-state index in [-0.39, 0.29) is 12.0 Å². The highest BCUT2D eigenvalue weighted by Crippen LogP contribution is 2.14. The molecule has 0 atom stereocenters. The molecule has 0 N–H and O–H groups in total. The fourth-order valence-corrected chi connectivity index (χ4v) is 0.814. The van der Waals surface area contributed by atoms with Crippen molar-refractivity contribution in [2.45, 2.75) is 6.92 Å². The van der Waals surface area contributed by atoms with Crippen LogP contribution in [0.1, 0.15) is 6.92 Å². The molecule has 0 aliphatic carbocycles. The quantitative estimate of drug-likeness (QED) is 0.422. The summed E-state index contributed by atoms with van der Waals surface area (Å²) in [5.41, 5.74) is 8.27. The van der Waals surface area contributed by atoms with E-state index < -0.39 is 0 Å². The molecule has 1 heterocycles.